The number of aliphatic hydroxyl groups is 1. The van der Waals surface area contributed by atoms with Gasteiger partial charge >= 0.3 is 0 Å². The van der Waals surface area contributed by atoms with Crippen molar-refractivity contribution in [1.29, 1.82) is 0 Å². The molecule has 5 heteroatoms. The summed E-state index contributed by atoms with van der Waals surface area (Å²) < 4.78 is 1.70. The lowest BCUT2D eigenvalue weighted by Gasteiger charge is -2.13. The zero-order valence-corrected chi connectivity index (χ0v) is 12.6. The minimum Gasteiger partial charge on any atom is -0.388 e. The largest absolute Gasteiger partial charge is 0.388 e. The van der Waals surface area contributed by atoms with Gasteiger partial charge in [-0.05, 0) is 31.0 Å². The van der Waals surface area contributed by atoms with E-state index in [1.54, 1.807) is 4.68 Å². The Hall–Kier alpha value is -1.03. The summed E-state index contributed by atoms with van der Waals surface area (Å²) >= 11 is 12.3. The average Bonchev–Trinajstić information content (AvgIpc) is 2.56. The van der Waals surface area contributed by atoms with Crippen LogP contribution in [0.4, 0.5) is 0 Å². The molecule has 1 heterocycles. The first-order chi connectivity index (χ1) is 8.90. The zero-order chi connectivity index (χ0) is 14.2. The lowest BCUT2D eigenvalue weighted by molar-refractivity contribution is 0.176. The molecule has 0 saturated heterocycles. The van der Waals surface area contributed by atoms with E-state index >= 15 is 0 Å². The van der Waals surface area contributed by atoms with E-state index in [2.05, 4.69) is 5.10 Å². The number of nitrogens with zero attached hydrogens (tertiary/aromatic N) is 2. The van der Waals surface area contributed by atoms with Gasteiger partial charge in [0, 0.05) is 18.5 Å². The number of benzene rings is 1. The molecule has 1 atom stereocenters. The highest BCUT2D eigenvalue weighted by atomic mass is 35.5. The maximum absolute atomic E-state index is 10.3. The molecule has 1 aromatic carbocycles. The minimum absolute atomic E-state index is 0.388. The van der Waals surface area contributed by atoms with Gasteiger partial charge in [0.25, 0.3) is 0 Å². The second-order valence-electron chi connectivity index (χ2n) is 4.71. The van der Waals surface area contributed by atoms with Gasteiger partial charge in [0.15, 0.2) is 0 Å². The Morgan fingerprint density at radius 1 is 1.32 bits per heavy atom. The first kappa shape index (κ1) is 14.4. The van der Waals surface area contributed by atoms with Gasteiger partial charge in [-0.3, -0.25) is 4.68 Å². The number of aryl methyl sites for hydroxylation is 3. The Labute approximate surface area is 122 Å². The van der Waals surface area contributed by atoms with Crippen LogP contribution in [0.25, 0.3) is 0 Å². The normalized spacial score (nSPS) is 12.7. The molecule has 3 nitrogen and oxygen atoms in total. The summed E-state index contributed by atoms with van der Waals surface area (Å²) in [4.78, 5) is 0. The van der Waals surface area contributed by atoms with E-state index < -0.39 is 6.10 Å². The molecule has 1 aromatic heterocycles. The zero-order valence-electron chi connectivity index (χ0n) is 11.1. The van der Waals surface area contributed by atoms with Crippen molar-refractivity contribution in [2.24, 2.45) is 7.05 Å². The molecule has 0 aliphatic rings. The third-order valence-electron chi connectivity index (χ3n) is 3.16. The van der Waals surface area contributed by atoms with Crippen molar-refractivity contribution in [3.63, 3.8) is 0 Å². The van der Waals surface area contributed by atoms with Crippen LogP contribution < -0.4 is 0 Å². The third kappa shape index (κ3) is 2.94. The molecule has 0 bridgehead atoms. The van der Waals surface area contributed by atoms with Crippen molar-refractivity contribution >= 4 is 23.2 Å². The number of aliphatic hydroxyl groups excluding tert-OH is 1. The highest BCUT2D eigenvalue weighted by Gasteiger charge is 2.18. The van der Waals surface area contributed by atoms with Crippen LogP contribution in [0, 0.1) is 13.8 Å². The maximum atomic E-state index is 10.3. The van der Waals surface area contributed by atoms with Crippen molar-refractivity contribution < 1.29 is 5.11 Å². The molecule has 0 radical (unpaired) electrons. The Morgan fingerprint density at radius 2 is 2.00 bits per heavy atom. The van der Waals surface area contributed by atoms with Crippen LogP contribution in [0.15, 0.2) is 18.2 Å². The van der Waals surface area contributed by atoms with Crippen molar-refractivity contribution in [2.45, 2.75) is 26.4 Å². The highest BCUT2D eigenvalue weighted by Crippen LogP contribution is 2.29. The molecule has 2 aromatic rings. The topological polar surface area (TPSA) is 38.1 Å². The first-order valence-corrected chi connectivity index (χ1v) is 6.78. The second kappa shape index (κ2) is 5.53. The molecule has 2 rings (SSSR count). The molecule has 0 fully saturated rings. The fourth-order valence-electron chi connectivity index (χ4n) is 2.10. The number of hydrogen-bond donors (Lipinski definition) is 1. The predicted octanol–water partition coefficient (Wildman–Crippen LogP) is 3.62. The number of aromatic nitrogens is 2. The van der Waals surface area contributed by atoms with Crippen LogP contribution in [-0.2, 0) is 13.5 Å². The van der Waals surface area contributed by atoms with Crippen molar-refractivity contribution in [3.05, 3.63) is 50.8 Å². The van der Waals surface area contributed by atoms with Crippen LogP contribution in [-0.4, -0.2) is 14.9 Å². The number of hydrogen-bond acceptors (Lipinski definition) is 2. The minimum atomic E-state index is -0.694. The summed E-state index contributed by atoms with van der Waals surface area (Å²) in [6.07, 6.45) is -0.306. The van der Waals surface area contributed by atoms with E-state index in [0.29, 0.717) is 22.0 Å². The van der Waals surface area contributed by atoms with Gasteiger partial charge in [-0.25, -0.2) is 0 Å². The van der Waals surface area contributed by atoms with E-state index in [-0.39, 0.29) is 0 Å². The molecule has 19 heavy (non-hydrogen) atoms. The molecule has 1 N–H and O–H groups in total. The van der Waals surface area contributed by atoms with Crippen molar-refractivity contribution in [2.75, 3.05) is 0 Å². The first-order valence-electron chi connectivity index (χ1n) is 6.02. The number of rotatable bonds is 3. The summed E-state index contributed by atoms with van der Waals surface area (Å²) in [7, 11) is 1.82. The van der Waals surface area contributed by atoms with Gasteiger partial charge in [0.1, 0.15) is 0 Å². The van der Waals surface area contributed by atoms with Crippen LogP contribution in [0.1, 0.15) is 28.6 Å². The molecule has 0 spiro atoms. The van der Waals surface area contributed by atoms with Crippen LogP contribution in [0.2, 0.25) is 10.0 Å². The molecule has 0 aliphatic heterocycles. The summed E-state index contributed by atoms with van der Waals surface area (Å²) in [5.74, 6) is 0. The summed E-state index contributed by atoms with van der Waals surface area (Å²) in [6, 6.07) is 5.62. The fourth-order valence-corrected chi connectivity index (χ4v) is 2.70. The smallest absolute Gasteiger partial charge is 0.0860 e. The van der Waals surface area contributed by atoms with E-state index in [1.165, 1.54) is 0 Å². The average molecular weight is 299 g/mol. The second-order valence-corrected chi connectivity index (χ2v) is 5.50. The fraction of sp³-hybridized carbons (Fsp3) is 0.357. The highest BCUT2D eigenvalue weighted by molar-refractivity contribution is 6.32. The van der Waals surface area contributed by atoms with Gasteiger partial charge in [-0.1, -0.05) is 35.3 Å². The van der Waals surface area contributed by atoms with Crippen molar-refractivity contribution in [1.82, 2.24) is 9.78 Å². The summed E-state index contributed by atoms with van der Waals surface area (Å²) in [6.45, 7) is 3.81. The molecule has 0 saturated carbocycles. The van der Waals surface area contributed by atoms with Crippen LogP contribution in [0.3, 0.4) is 0 Å². The molecule has 1 unspecified atom stereocenters. The van der Waals surface area contributed by atoms with Gasteiger partial charge in [0.05, 0.1) is 22.5 Å². The van der Waals surface area contributed by atoms with E-state index in [1.807, 2.05) is 39.1 Å². The van der Waals surface area contributed by atoms with Gasteiger partial charge < -0.3 is 5.11 Å². The Morgan fingerprint density at radius 3 is 2.53 bits per heavy atom. The van der Waals surface area contributed by atoms with E-state index in [0.717, 1.165) is 17.0 Å². The summed E-state index contributed by atoms with van der Waals surface area (Å²) in [5.41, 5.74) is 3.35. The van der Waals surface area contributed by atoms with Crippen LogP contribution in [0.5, 0.6) is 0 Å². The lowest BCUT2D eigenvalue weighted by Crippen LogP contribution is -2.07. The molecular formula is C14H16Cl2N2O. The monoisotopic (exact) mass is 298 g/mol. The predicted molar refractivity (Wildman–Crippen MR) is 77.8 cm³/mol. The van der Waals surface area contributed by atoms with Gasteiger partial charge in [-0.2, -0.15) is 5.10 Å². The standard InChI is InChI=1S/C14H16Cl2N2O/c1-8-4-5-10(11(15)6-8)13(19)7-12-14(16)9(2)17-18(12)3/h4-6,13,19H,7H2,1-3H3. The molecule has 0 amide bonds. The Bertz CT molecular complexity index is 608. The van der Waals surface area contributed by atoms with E-state index in [9.17, 15) is 5.11 Å². The Balaban J connectivity index is 2.28. The quantitative estimate of drug-likeness (QED) is 0.940. The Kier molecular flexibility index (Phi) is 4.19. The van der Waals surface area contributed by atoms with Gasteiger partial charge in [0.2, 0.25) is 0 Å². The summed E-state index contributed by atoms with van der Waals surface area (Å²) in [5, 5.41) is 15.7. The van der Waals surface area contributed by atoms with Crippen molar-refractivity contribution in [3.8, 4) is 0 Å². The molecular weight excluding hydrogens is 283 g/mol. The number of halogens is 2. The SMILES string of the molecule is Cc1ccc(C(O)Cc2c(Cl)c(C)nn2C)c(Cl)c1. The maximum Gasteiger partial charge on any atom is 0.0860 e. The lowest BCUT2D eigenvalue weighted by atomic mass is 10.0. The third-order valence-corrected chi connectivity index (χ3v) is 3.98. The van der Waals surface area contributed by atoms with Gasteiger partial charge in [-0.15, -0.1) is 0 Å². The van der Waals surface area contributed by atoms with Crippen LogP contribution >= 0.6 is 23.2 Å². The molecule has 102 valence electrons. The molecule has 0 aliphatic carbocycles. The van der Waals surface area contributed by atoms with E-state index in [4.69, 9.17) is 23.2 Å².